The van der Waals surface area contributed by atoms with Crippen molar-refractivity contribution in [3.05, 3.63) is 35.1 Å². The maximum atomic E-state index is 13.4. The highest BCUT2D eigenvalue weighted by Crippen LogP contribution is 2.22. The lowest BCUT2D eigenvalue weighted by molar-refractivity contribution is -0.139. The molecule has 1 fully saturated rings. The number of halogens is 1. The van der Waals surface area contributed by atoms with Crippen molar-refractivity contribution in [3.63, 3.8) is 0 Å². The zero-order chi connectivity index (χ0) is 15.8. The van der Waals surface area contributed by atoms with E-state index in [-0.39, 0.29) is 30.1 Å². The predicted octanol–water partition coefficient (Wildman–Crippen LogP) is 2.15. The van der Waals surface area contributed by atoms with Gasteiger partial charge in [-0.2, -0.15) is 0 Å². The number of hydrogen-bond donors (Lipinski definition) is 1. The summed E-state index contributed by atoms with van der Waals surface area (Å²) in [6, 6.07) is 4.33. The quantitative estimate of drug-likeness (QED) is 0.908. The van der Waals surface area contributed by atoms with E-state index in [2.05, 4.69) is 5.32 Å². The smallest absolute Gasteiger partial charge is 0.248 e. The number of nitrogens with one attached hydrogen (secondary N) is 1. The molecule has 1 saturated heterocycles. The topological polar surface area (TPSA) is 49.4 Å². The first-order chi connectivity index (χ1) is 9.70. The number of carbonyl (C=O) groups is 2. The second-order valence-electron chi connectivity index (χ2n) is 6.23. The Labute approximate surface area is 124 Å². The van der Waals surface area contributed by atoms with Gasteiger partial charge in [0.2, 0.25) is 11.8 Å². The van der Waals surface area contributed by atoms with Crippen molar-refractivity contribution in [1.29, 1.82) is 0 Å². The molecular weight excluding hydrogens is 271 g/mol. The van der Waals surface area contributed by atoms with E-state index in [1.54, 1.807) is 24.8 Å². The van der Waals surface area contributed by atoms with Crippen LogP contribution in [0.25, 0.3) is 0 Å². The van der Waals surface area contributed by atoms with Crippen molar-refractivity contribution in [2.75, 3.05) is 0 Å². The largest absolute Gasteiger partial charge is 0.342 e. The van der Waals surface area contributed by atoms with Crippen LogP contribution in [0.5, 0.6) is 0 Å². The molecule has 21 heavy (non-hydrogen) atoms. The van der Waals surface area contributed by atoms with Crippen LogP contribution in [0.15, 0.2) is 18.2 Å². The summed E-state index contributed by atoms with van der Waals surface area (Å²) in [5.74, 6) is -0.609. The first-order valence-corrected chi connectivity index (χ1v) is 7.08. The number of nitrogens with zero attached hydrogens (tertiary/aromatic N) is 1. The molecular formula is C16H21FN2O2. The third kappa shape index (κ3) is 3.23. The van der Waals surface area contributed by atoms with Crippen LogP contribution in [-0.2, 0) is 16.1 Å². The zero-order valence-electron chi connectivity index (χ0n) is 12.9. The van der Waals surface area contributed by atoms with Crippen molar-refractivity contribution in [1.82, 2.24) is 10.2 Å². The molecule has 114 valence electrons. The molecule has 1 aromatic rings. The first kappa shape index (κ1) is 15.5. The van der Waals surface area contributed by atoms with Gasteiger partial charge in [0.1, 0.15) is 11.4 Å². The maximum Gasteiger partial charge on any atom is 0.248 e. The van der Waals surface area contributed by atoms with Gasteiger partial charge in [-0.15, -0.1) is 0 Å². The van der Waals surface area contributed by atoms with Crippen molar-refractivity contribution in [2.45, 2.75) is 52.2 Å². The van der Waals surface area contributed by atoms with Gasteiger partial charge in [-0.05, 0) is 51.0 Å². The van der Waals surface area contributed by atoms with Crippen molar-refractivity contribution >= 4 is 11.8 Å². The fourth-order valence-corrected chi connectivity index (χ4v) is 2.61. The van der Waals surface area contributed by atoms with Gasteiger partial charge in [-0.1, -0.05) is 6.07 Å². The molecule has 1 atom stereocenters. The fourth-order valence-electron chi connectivity index (χ4n) is 2.61. The van der Waals surface area contributed by atoms with Gasteiger partial charge in [0.15, 0.2) is 0 Å². The lowest BCUT2D eigenvalue weighted by Crippen LogP contribution is -2.53. The summed E-state index contributed by atoms with van der Waals surface area (Å²) in [5, 5.41) is 2.74. The predicted molar refractivity (Wildman–Crippen MR) is 78.0 cm³/mol. The molecule has 0 aromatic heterocycles. The average Bonchev–Trinajstić information content (AvgIpc) is 2.43. The molecule has 2 rings (SSSR count). The summed E-state index contributed by atoms with van der Waals surface area (Å²) in [6.07, 6.45) is 0.254. The average molecular weight is 292 g/mol. The van der Waals surface area contributed by atoms with Gasteiger partial charge in [-0.3, -0.25) is 9.59 Å². The van der Waals surface area contributed by atoms with E-state index in [4.69, 9.17) is 0 Å². The first-order valence-electron chi connectivity index (χ1n) is 7.08. The molecule has 0 radical (unpaired) electrons. The highest BCUT2D eigenvalue weighted by molar-refractivity contribution is 5.93. The molecule has 1 N–H and O–H groups in total. The molecule has 5 heteroatoms. The summed E-state index contributed by atoms with van der Waals surface area (Å²) in [6.45, 7) is 7.42. The minimum atomic E-state index is -0.941. The number of carbonyl (C=O) groups excluding carboxylic acids is 2. The molecule has 1 unspecified atom stereocenters. The van der Waals surface area contributed by atoms with Crippen molar-refractivity contribution in [3.8, 4) is 0 Å². The number of amides is 2. The van der Waals surface area contributed by atoms with Gasteiger partial charge < -0.3 is 10.2 Å². The molecule has 0 aliphatic carbocycles. The van der Waals surface area contributed by atoms with Crippen LogP contribution >= 0.6 is 0 Å². The Morgan fingerprint density at radius 2 is 2.05 bits per heavy atom. The molecule has 1 aliphatic rings. The van der Waals surface area contributed by atoms with E-state index in [0.29, 0.717) is 6.54 Å². The minimum Gasteiger partial charge on any atom is -0.342 e. The Kier molecular flexibility index (Phi) is 4.03. The third-order valence-electron chi connectivity index (χ3n) is 3.91. The van der Waals surface area contributed by atoms with Gasteiger partial charge in [-0.25, -0.2) is 4.39 Å². The monoisotopic (exact) mass is 292 g/mol. The van der Waals surface area contributed by atoms with E-state index in [9.17, 15) is 14.0 Å². The zero-order valence-corrected chi connectivity index (χ0v) is 12.9. The van der Waals surface area contributed by atoms with E-state index in [0.717, 1.165) is 11.1 Å². The summed E-state index contributed by atoms with van der Waals surface area (Å²) in [5.41, 5.74) is 0.751. The Morgan fingerprint density at radius 1 is 1.38 bits per heavy atom. The van der Waals surface area contributed by atoms with Crippen LogP contribution in [0.4, 0.5) is 4.39 Å². The molecule has 1 heterocycles. The SMILES string of the molecule is Cc1ccc(F)cc1CN1C(=O)C(C)(C)NC(=O)CC1C. The Bertz CT molecular complexity index is 584. The molecule has 0 spiro atoms. The Hall–Kier alpha value is -1.91. The van der Waals surface area contributed by atoms with Crippen molar-refractivity contribution in [2.24, 2.45) is 0 Å². The molecule has 1 aliphatic heterocycles. The van der Waals surface area contributed by atoms with Crippen LogP contribution in [-0.4, -0.2) is 28.3 Å². The maximum absolute atomic E-state index is 13.4. The van der Waals surface area contributed by atoms with Crippen LogP contribution in [0.1, 0.15) is 38.3 Å². The van der Waals surface area contributed by atoms with Gasteiger partial charge in [0.25, 0.3) is 0 Å². The lowest BCUT2D eigenvalue weighted by atomic mass is 10.0. The highest BCUT2D eigenvalue weighted by atomic mass is 19.1. The number of aryl methyl sites for hydroxylation is 1. The van der Waals surface area contributed by atoms with Crippen LogP contribution in [0.3, 0.4) is 0 Å². The summed E-state index contributed by atoms with van der Waals surface area (Å²) in [7, 11) is 0. The lowest BCUT2D eigenvalue weighted by Gasteiger charge is -2.32. The second kappa shape index (κ2) is 5.47. The molecule has 0 bridgehead atoms. The minimum absolute atomic E-state index is 0.140. The number of hydrogen-bond acceptors (Lipinski definition) is 2. The van der Waals surface area contributed by atoms with Crippen molar-refractivity contribution < 1.29 is 14.0 Å². The molecule has 0 saturated carbocycles. The van der Waals surface area contributed by atoms with Crippen LogP contribution < -0.4 is 5.32 Å². The molecule has 1 aromatic carbocycles. The van der Waals surface area contributed by atoms with Crippen LogP contribution in [0.2, 0.25) is 0 Å². The van der Waals surface area contributed by atoms with E-state index in [1.807, 2.05) is 13.8 Å². The van der Waals surface area contributed by atoms with Crippen LogP contribution in [0, 0.1) is 12.7 Å². The van der Waals surface area contributed by atoms with E-state index >= 15 is 0 Å². The van der Waals surface area contributed by atoms with Gasteiger partial charge >= 0.3 is 0 Å². The Balaban J connectivity index is 2.33. The second-order valence-corrected chi connectivity index (χ2v) is 6.23. The highest BCUT2D eigenvalue weighted by Gasteiger charge is 2.39. The van der Waals surface area contributed by atoms with E-state index < -0.39 is 5.54 Å². The molecule has 4 nitrogen and oxygen atoms in total. The number of benzene rings is 1. The normalized spacial score (nSPS) is 22.0. The summed E-state index contributed by atoms with van der Waals surface area (Å²) < 4.78 is 13.4. The van der Waals surface area contributed by atoms with E-state index in [1.165, 1.54) is 12.1 Å². The fraction of sp³-hybridized carbons (Fsp3) is 0.500. The van der Waals surface area contributed by atoms with Gasteiger partial charge in [0, 0.05) is 19.0 Å². The summed E-state index contributed by atoms with van der Waals surface area (Å²) in [4.78, 5) is 26.1. The Morgan fingerprint density at radius 3 is 2.71 bits per heavy atom. The summed E-state index contributed by atoms with van der Waals surface area (Å²) >= 11 is 0. The third-order valence-corrected chi connectivity index (χ3v) is 3.91. The van der Waals surface area contributed by atoms with Gasteiger partial charge in [0.05, 0.1) is 0 Å². The standard InChI is InChI=1S/C16H21FN2O2/c1-10-5-6-13(17)8-12(10)9-19-11(2)7-14(20)18-16(3,4)15(19)21/h5-6,8,11H,7,9H2,1-4H3,(H,18,20). The molecule has 2 amide bonds. The number of rotatable bonds is 2.